The van der Waals surface area contributed by atoms with Gasteiger partial charge in [0.25, 0.3) is 0 Å². The van der Waals surface area contributed by atoms with Gasteiger partial charge in [0.1, 0.15) is 5.56 Å². The van der Waals surface area contributed by atoms with Crippen molar-refractivity contribution in [2.45, 2.75) is 39.8 Å². The number of ether oxygens (including phenoxy) is 2. The van der Waals surface area contributed by atoms with Crippen LogP contribution in [0.1, 0.15) is 48.1 Å². The minimum absolute atomic E-state index is 0.0269. The van der Waals surface area contributed by atoms with Crippen LogP contribution in [0.5, 0.6) is 0 Å². The molecule has 1 unspecified atom stereocenters. The minimum atomic E-state index is -1.17. The van der Waals surface area contributed by atoms with Crippen LogP contribution >= 0.6 is 0 Å². The largest absolute Gasteiger partial charge is 0.462 e. The molecule has 1 aliphatic heterocycles. The van der Waals surface area contributed by atoms with Gasteiger partial charge in [-0.25, -0.2) is 13.6 Å². The second-order valence-electron chi connectivity index (χ2n) is 6.03. The van der Waals surface area contributed by atoms with Crippen LogP contribution in [0, 0.1) is 18.6 Å². The highest BCUT2D eigenvalue weighted by Gasteiger charge is 2.32. The van der Waals surface area contributed by atoms with Gasteiger partial charge in [-0.15, -0.1) is 0 Å². The van der Waals surface area contributed by atoms with Gasteiger partial charge in [-0.3, -0.25) is 9.59 Å². The fourth-order valence-electron chi connectivity index (χ4n) is 3.44. The predicted molar refractivity (Wildman–Crippen MR) is 87.9 cm³/mol. The zero-order valence-electron chi connectivity index (χ0n) is 14.5. The van der Waals surface area contributed by atoms with Crippen molar-refractivity contribution < 1.29 is 27.8 Å². The van der Waals surface area contributed by atoms with Gasteiger partial charge >= 0.3 is 11.9 Å². The summed E-state index contributed by atoms with van der Waals surface area (Å²) < 4.78 is 39.9. The zero-order valence-corrected chi connectivity index (χ0v) is 14.5. The number of benzene rings is 1. The zero-order chi connectivity index (χ0) is 19.2. The van der Waals surface area contributed by atoms with Gasteiger partial charge in [0.05, 0.1) is 17.5 Å². The Balaban J connectivity index is 2.45. The van der Waals surface area contributed by atoms with Crippen molar-refractivity contribution in [3.63, 3.8) is 0 Å². The van der Waals surface area contributed by atoms with Crippen LogP contribution in [0.3, 0.4) is 0 Å². The number of hydrogen-bond acceptors (Lipinski definition) is 5. The van der Waals surface area contributed by atoms with Gasteiger partial charge in [0.2, 0.25) is 5.43 Å². The molecule has 1 aromatic carbocycles. The van der Waals surface area contributed by atoms with E-state index in [9.17, 15) is 23.2 Å². The average Bonchev–Trinajstić information content (AvgIpc) is 2.56. The highest BCUT2D eigenvalue weighted by Crippen LogP contribution is 2.35. The van der Waals surface area contributed by atoms with Crippen LogP contribution in [-0.2, 0) is 20.7 Å². The fraction of sp³-hybridized carbons (Fsp3) is 0.389. The molecule has 138 valence electrons. The van der Waals surface area contributed by atoms with Crippen molar-refractivity contribution in [3.05, 3.63) is 44.7 Å². The molecule has 0 bridgehead atoms. The third kappa shape index (κ3) is 2.65. The summed E-state index contributed by atoms with van der Waals surface area (Å²) in [4.78, 5) is 36.5. The Bertz CT molecular complexity index is 996. The lowest BCUT2D eigenvalue weighted by Crippen LogP contribution is -2.31. The van der Waals surface area contributed by atoms with E-state index in [-0.39, 0.29) is 47.2 Å². The molecule has 0 saturated carbocycles. The maximum atomic E-state index is 14.3. The van der Waals surface area contributed by atoms with Crippen LogP contribution in [0.25, 0.3) is 10.9 Å². The number of halogens is 2. The molecule has 2 heterocycles. The molecule has 0 aliphatic carbocycles. The molecule has 1 aliphatic rings. The monoisotopic (exact) mass is 365 g/mol. The lowest BCUT2D eigenvalue weighted by Gasteiger charge is -2.31. The first-order valence-electron chi connectivity index (χ1n) is 8.17. The smallest absolute Gasteiger partial charge is 0.343 e. The lowest BCUT2D eigenvalue weighted by atomic mass is 9.96. The maximum absolute atomic E-state index is 14.3. The summed E-state index contributed by atoms with van der Waals surface area (Å²) in [6, 6.07) is 0.769. The Kier molecular flexibility index (Phi) is 4.52. The predicted octanol–water partition coefficient (Wildman–Crippen LogP) is 2.77. The van der Waals surface area contributed by atoms with E-state index in [1.54, 1.807) is 6.92 Å². The molecular formula is C18H17F2NO5. The molecule has 6 nitrogen and oxygen atoms in total. The molecule has 26 heavy (non-hydrogen) atoms. The summed E-state index contributed by atoms with van der Waals surface area (Å²) in [5.74, 6) is -3.64. The first-order valence-corrected chi connectivity index (χ1v) is 8.17. The van der Waals surface area contributed by atoms with Gasteiger partial charge in [0, 0.05) is 24.6 Å². The van der Waals surface area contributed by atoms with Crippen molar-refractivity contribution in [2.24, 2.45) is 0 Å². The van der Waals surface area contributed by atoms with E-state index in [2.05, 4.69) is 0 Å². The van der Waals surface area contributed by atoms with Crippen molar-refractivity contribution in [2.75, 3.05) is 6.61 Å². The van der Waals surface area contributed by atoms with Gasteiger partial charge in [-0.1, -0.05) is 0 Å². The topological polar surface area (TPSA) is 74.6 Å². The summed E-state index contributed by atoms with van der Waals surface area (Å²) in [6.07, 6.45) is -0.551. The number of carbonyl (C=O) groups excluding carboxylic acids is 2. The Labute approximate surface area is 147 Å². The molecule has 0 spiro atoms. The molecule has 0 saturated heterocycles. The number of hydrogen-bond donors (Lipinski definition) is 0. The molecular weight excluding hydrogens is 348 g/mol. The molecule has 1 atom stereocenters. The number of aromatic nitrogens is 1. The normalized spacial score (nSPS) is 15.8. The number of rotatable bonds is 3. The van der Waals surface area contributed by atoms with E-state index in [4.69, 9.17) is 9.47 Å². The first-order chi connectivity index (χ1) is 12.3. The van der Waals surface area contributed by atoms with Crippen molar-refractivity contribution in [3.8, 4) is 0 Å². The number of nitrogens with zero attached hydrogens (tertiary/aromatic N) is 1. The van der Waals surface area contributed by atoms with Gasteiger partial charge < -0.3 is 14.0 Å². The van der Waals surface area contributed by atoms with E-state index in [0.717, 1.165) is 6.07 Å². The maximum Gasteiger partial charge on any atom is 0.343 e. The van der Waals surface area contributed by atoms with Crippen molar-refractivity contribution in [1.29, 1.82) is 0 Å². The Morgan fingerprint density at radius 2 is 2.04 bits per heavy atom. The SMILES string of the molecule is CCOC(=O)c1c(C)n2c3c(c(F)c(F)cc3c1=O)CCC2OC(C)=O. The molecule has 0 amide bonds. The van der Waals surface area contributed by atoms with Crippen LogP contribution in [0.4, 0.5) is 8.78 Å². The summed E-state index contributed by atoms with van der Waals surface area (Å²) >= 11 is 0. The Morgan fingerprint density at radius 1 is 1.35 bits per heavy atom. The van der Waals surface area contributed by atoms with E-state index in [1.807, 2.05) is 0 Å². The van der Waals surface area contributed by atoms with E-state index in [0.29, 0.717) is 0 Å². The quantitative estimate of drug-likeness (QED) is 0.782. The van der Waals surface area contributed by atoms with Crippen LogP contribution in [-0.4, -0.2) is 23.1 Å². The van der Waals surface area contributed by atoms with Crippen LogP contribution in [0.15, 0.2) is 10.9 Å². The molecule has 2 aromatic rings. The molecule has 8 heteroatoms. The first kappa shape index (κ1) is 18.0. The minimum Gasteiger partial charge on any atom is -0.462 e. The lowest BCUT2D eigenvalue weighted by molar-refractivity contribution is -0.151. The molecule has 0 fully saturated rings. The van der Waals surface area contributed by atoms with Crippen molar-refractivity contribution in [1.82, 2.24) is 4.57 Å². The number of aryl methyl sites for hydroxylation is 1. The summed E-state index contributed by atoms with van der Waals surface area (Å²) in [7, 11) is 0. The number of esters is 2. The number of carbonyl (C=O) groups is 2. The number of pyridine rings is 1. The second-order valence-corrected chi connectivity index (χ2v) is 6.03. The highest BCUT2D eigenvalue weighted by molar-refractivity contribution is 5.96. The average molecular weight is 365 g/mol. The van der Waals surface area contributed by atoms with Gasteiger partial charge in [-0.05, 0) is 26.3 Å². The summed E-state index contributed by atoms with van der Waals surface area (Å²) in [6.45, 7) is 4.35. The molecule has 0 radical (unpaired) electrons. The highest BCUT2D eigenvalue weighted by atomic mass is 19.2. The second kappa shape index (κ2) is 6.51. The van der Waals surface area contributed by atoms with E-state index >= 15 is 0 Å². The van der Waals surface area contributed by atoms with Crippen LogP contribution < -0.4 is 5.43 Å². The molecule has 0 N–H and O–H groups in total. The summed E-state index contributed by atoms with van der Waals surface area (Å²) in [5.41, 5.74) is -0.679. The summed E-state index contributed by atoms with van der Waals surface area (Å²) in [5, 5.41) is -0.149. The fourth-order valence-corrected chi connectivity index (χ4v) is 3.44. The van der Waals surface area contributed by atoms with E-state index < -0.39 is 35.2 Å². The standard InChI is InChI=1S/C18H17F2NO5/c1-4-25-18(24)14-8(2)21-13(26-9(3)22)6-5-10-15(20)12(19)7-11(16(10)21)17(14)23/h7,13H,4-6H2,1-3H3. The van der Waals surface area contributed by atoms with E-state index in [1.165, 1.54) is 18.4 Å². The third-order valence-electron chi connectivity index (χ3n) is 4.43. The molecule has 1 aromatic heterocycles. The molecule has 3 rings (SSSR count). The Morgan fingerprint density at radius 3 is 2.65 bits per heavy atom. The van der Waals surface area contributed by atoms with Crippen molar-refractivity contribution >= 4 is 22.8 Å². The Hall–Kier alpha value is -2.77. The van der Waals surface area contributed by atoms with Crippen LogP contribution in [0.2, 0.25) is 0 Å². The van der Waals surface area contributed by atoms with Gasteiger partial charge in [0.15, 0.2) is 17.9 Å². The van der Waals surface area contributed by atoms with Gasteiger partial charge in [-0.2, -0.15) is 0 Å². The third-order valence-corrected chi connectivity index (χ3v) is 4.43.